The molecule has 3 amide bonds. The summed E-state index contributed by atoms with van der Waals surface area (Å²) in [5.41, 5.74) is 2.62. The third kappa shape index (κ3) is 4.85. The van der Waals surface area contributed by atoms with Crippen molar-refractivity contribution in [1.29, 1.82) is 0 Å². The second-order valence-electron chi connectivity index (χ2n) is 6.58. The minimum absolute atomic E-state index is 0.0452. The highest BCUT2D eigenvalue weighted by Crippen LogP contribution is 2.21. The fourth-order valence-corrected chi connectivity index (χ4v) is 3.51. The predicted molar refractivity (Wildman–Crippen MR) is 107 cm³/mol. The molecule has 1 heterocycles. The lowest BCUT2D eigenvalue weighted by molar-refractivity contribution is -0.121. The third-order valence-corrected chi connectivity index (χ3v) is 4.93. The van der Waals surface area contributed by atoms with Gasteiger partial charge in [-0.3, -0.25) is 4.79 Å². The number of likely N-dealkylation sites (tertiary alicyclic amines) is 1. The number of hydrogen-bond acceptors (Lipinski definition) is 2. The number of rotatable bonds is 3. The van der Waals surface area contributed by atoms with Crippen molar-refractivity contribution in [3.8, 4) is 0 Å². The van der Waals surface area contributed by atoms with Gasteiger partial charge in [-0.25, -0.2) is 4.79 Å². The van der Waals surface area contributed by atoms with Crippen LogP contribution in [-0.2, 0) is 4.79 Å². The fraction of sp³-hybridized carbons (Fsp3) is 0.300. The average Bonchev–Trinajstić information content (AvgIpc) is 2.62. The number of carbonyl (C=O) groups excluding carboxylic acids is 2. The molecule has 26 heavy (non-hydrogen) atoms. The molecule has 0 radical (unpaired) electrons. The van der Waals surface area contributed by atoms with E-state index in [0.29, 0.717) is 13.1 Å². The van der Waals surface area contributed by atoms with Crippen LogP contribution >= 0.6 is 15.9 Å². The van der Waals surface area contributed by atoms with Crippen LogP contribution in [0.5, 0.6) is 0 Å². The van der Waals surface area contributed by atoms with Crippen LogP contribution in [0.4, 0.5) is 16.2 Å². The third-order valence-electron chi connectivity index (χ3n) is 4.44. The number of halogens is 1. The number of nitrogens with one attached hydrogen (secondary N) is 2. The zero-order chi connectivity index (χ0) is 18.5. The molecule has 0 bridgehead atoms. The SMILES string of the molecule is Cc1cccc(NC(=O)N2CCCC(C(=O)Nc3cccc(Br)c3)C2)c1. The number of nitrogens with zero attached hydrogens (tertiary/aromatic N) is 1. The smallest absolute Gasteiger partial charge is 0.321 e. The van der Waals surface area contributed by atoms with Crippen LogP contribution in [0.15, 0.2) is 53.0 Å². The summed E-state index contributed by atoms with van der Waals surface area (Å²) in [7, 11) is 0. The van der Waals surface area contributed by atoms with Gasteiger partial charge in [0.15, 0.2) is 0 Å². The first-order chi connectivity index (χ1) is 12.5. The van der Waals surface area contributed by atoms with Crippen molar-refractivity contribution in [2.45, 2.75) is 19.8 Å². The first-order valence-electron chi connectivity index (χ1n) is 8.70. The van der Waals surface area contributed by atoms with Crippen LogP contribution in [0.3, 0.4) is 0 Å². The number of benzene rings is 2. The molecule has 1 saturated heterocycles. The first-order valence-corrected chi connectivity index (χ1v) is 9.49. The largest absolute Gasteiger partial charge is 0.326 e. The van der Waals surface area contributed by atoms with Gasteiger partial charge in [0, 0.05) is 28.9 Å². The number of hydrogen-bond donors (Lipinski definition) is 2. The molecule has 6 heteroatoms. The topological polar surface area (TPSA) is 61.4 Å². The number of anilines is 2. The minimum Gasteiger partial charge on any atom is -0.326 e. The summed E-state index contributed by atoms with van der Waals surface area (Å²) in [5, 5.41) is 5.86. The molecule has 1 fully saturated rings. The Hall–Kier alpha value is -2.34. The lowest BCUT2D eigenvalue weighted by Gasteiger charge is -2.32. The maximum absolute atomic E-state index is 12.6. The fourth-order valence-electron chi connectivity index (χ4n) is 3.11. The van der Waals surface area contributed by atoms with Gasteiger partial charge in [0.25, 0.3) is 0 Å². The molecular weight excluding hydrogens is 394 g/mol. The molecule has 1 atom stereocenters. The van der Waals surface area contributed by atoms with Gasteiger partial charge in [0.05, 0.1) is 5.92 Å². The van der Waals surface area contributed by atoms with Crippen molar-refractivity contribution >= 4 is 39.2 Å². The second kappa shape index (κ2) is 8.36. The summed E-state index contributed by atoms with van der Waals surface area (Å²) in [4.78, 5) is 26.8. The summed E-state index contributed by atoms with van der Waals surface area (Å²) >= 11 is 3.40. The van der Waals surface area contributed by atoms with Gasteiger partial charge < -0.3 is 15.5 Å². The highest BCUT2D eigenvalue weighted by atomic mass is 79.9. The highest BCUT2D eigenvalue weighted by Gasteiger charge is 2.28. The van der Waals surface area contributed by atoms with Crippen molar-refractivity contribution in [1.82, 2.24) is 4.90 Å². The maximum Gasteiger partial charge on any atom is 0.321 e. The van der Waals surface area contributed by atoms with E-state index < -0.39 is 0 Å². The first kappa shape index (κ1) is 18.5. The summed E-state index contributed by atoms with van der Waals surface area (Å²) in [5.74, 6) is -0.248. The van der Waals surface area contributed by atoms with Crippen molar-refractivity contribution in [2.24, 2.45) is 5.92 Å². The van der Waals surface area contributed by atoms with E-state index in [4.69, 9.17) is 0 Å². The van der Waals surface area contributed by atoms with Crippen molar-refractivity contribution < 1.29 is 9.59 Å². The lowest BCUT2D eigenvalue weighted by atomic mass is 9.97. The van der Waals surface area contributed by atoms with Gasteiger partial charge in [0.1, 0.15) is 0 Å². The van der Waals surface area contributed by atoms with Crippen LogP contribution < -0.4 is 10.6 Å². The van der Waals surface area contributed by atoms with Gasteiger partial charge in [-0.1, -0.05) is 34.1 Å². The van der Waals surface area contributed by atoms with E-state index in [1.165, 1.54) is 0 Å². The van der Waals surface area contributed by atoms with Crippen LogP contribution in [0.1, 0.15) is 18.4 Å². The molecule has 0 spiro atoms. The molecule has 2 aromatic carbocycles. The molecule has 136 valence electrons. The Morgan fingerprint density at radius 2 is 1.81 bits per heavy atom. The van der Waals surface area contributed by atoms with Gasteiger partial charge in [0.2, 0.25) is 5.91 Å². The monoisotopic (exact) mass is 415 g/mol. The second-order valence-corrected chi connectivity index (χ2v) is 7.50. The Labute approximate surface area is 161 Å². The molecule has 1 unspecified atom stereocenters. The number of amides is 3. The molecule has 2 N–H and O–H groups in total. The van der Waals surface area contributed by atoms with Gasteiger partial charge in [-0.05, 0) is 55.7 Å². The van der Waals surface area contributed by atoms with E-state index in [0.717, 1.165) is 34.3 Å². The van der Waals surface area contributed by atoms with Crippen molar-refractivity contribution in [2.75, 3.05) is 23.7 Å². The number of aryl methyl sites for hydroxylation is 1. The maximum atomic E-state index is 12.6. The molecule has 2 aromatic rings. The quantitative estimate of drug-likeness (QED) is 0.766. The van der Waals surface area contributed by atoms with E-state index in [2.05, 4.69) is 26.6 Å². The molecule has 0 saturated carbocycles. The van der Waals surface area contributed by atoms with E-state index in [-0.39, 0.29) is 17.9 Å². The zero-order valence-corrected chi connectivity index (χ0v) is 16.3. The summed E-state index contributed by atoms with van der Waals surface area (Å²) in [6.07, 6.45) is 1.60. The molecular formula is C20H22BrN3O2. The molecule has 1 aliphatic rings. The van der Waals surface area contributed by atoms with E-state index in [1.807, 2.05) is 55.5 Å². The minimum atomic E-state index is -0.203. The van der Waals surface area contributed by atoms with Crippen LogP contribution in [0, 0.1) is 12.8 Å². The Bertz CT molecular complexity index is 744. The predicted octanol–water partition coefficient (Wildman–Crippen LogP) is 4.64. The molecule has 3 rings (SSSR count). The number of urea groups is 1. The molecule has 0 aliphatic carbocycles. The standard InChI is InChI=1S/C20H22BrN3O2/c1-14-5-2-8-17(11-14)23-20(26)24-10-4-6-15(13-24)19(25)22-18-9-3-7-16(21)12-18/h2-3,5,7-9,11-12,15H,4,6,10,13H2,1H3,(H,22,25)(H,23,26). The number of carbonyl (C=O) groups is 2. The normalized spacial score (nSPS) is 16.8. The Balaban J connectivity index is 1.59. The van der Waals surface area contributed by atoms with Crippen LogP contribution in [0.2, 0.25) is 0 Å². The summed E-state index contributed by atoms with van der Waals surface area (Å²) in [6, 6.07) is 15.0. The van der Waals surface area contributed by atoms with E-state index in [1.54, 1.807) is 4.90 Å². The Kier molecular flexibility index (Phi) is 5.93. The van der Waals surface area contributed by atoms with E-state index in [9.17, 15) is 9.59 Å². The van der Waals surface area contributed by atoms with Crippen LogP contribution in [0.25, 0.3) is 0 Å². The van der Waals surface area contributed by atoms with Gasteiger partial charge in [-0.15, -0.1) is 0 Å². The molecule has 1 aliphatic heterocycles. The molecule has 0 aromatic heterocycles. The highest BCUT2D eigenvalue weighted by molar-refractivity contribution is 9.10. The van der Waals surface area contributed by atoms with Gasteiger partial charge in [-0.2, -0.15) is 0 Å². The Morgan fingerprint density at radius 1 is 1.08 bits per heavy atom. The van der Waals surface area contributed by atoms with Crippen molar-refractivity contribution in [3.63, 3.8) is 0 Å². The van der Waals surface area contributed by atoms with Crippen molar-refractivity contribution in [3.05, 3.63) is 58.6 Å². The zero-order valence-electron chi connectivity index (χ0n) is 14.7. The molecule has 5 nitrogen and oxygen atoms in total. The van der Waals surface area contributed by atoms with Crippen LogP contribution in [-0.4, -0.2) is 29.9 Å². The van der Waals surface area contributed by atoms with E-state index >= 15 is 0 Å². The summed E-state index contributed by atoms with van der Waals surface area (Å²) in [6.45, 7) is 3.08. The average molecular weight is 416 g/mol. The Morgan fingerprint density at radius 3 is 2.54 bits per heavy atom. The summed E-state index contributed by atoms with van der Waals surface area (Å²) < 4.78 is 0.915. The number of piperidine rings is 1. The van der Waals surface area contributed by atoms with Gasteiger partial charge >= 0.3 is 6.03 Å². The lowest BCUT2D eigenvalue weighted by Crippen LogP contribution is -2.45.